The molecule has 4 nitrogen and oxygen atoms in total. The van der Waals surface area contributed by atoms with Crippen molar-refractivity contribution < 1.29 is 19.8 Å². The van der Waals surface area contributed by atoms with Gasteiger partial charge < -0.3 is 10.2 Å². The monoisotopic (exact) mass is 300 g/mol. The van der Waals surface area contributed by atoms with Gasteiger partial charge in [0.25, 0.3) is 0 Å². The fourth-order valence-corrected chi connectivity index (χ4v) is 2.61. The van der Waals surface area contributed by atoms with E-state index in [2.05, 4.69) is 6.92 Å². The molecule has 4 heteroatoms. The summed E-state index contributed by atoms with van der Waals surface area (Å²) in [5, 5.41) is 18.0. The Morgan fingerprint density at radius 2 is 1.24 bits per heavy atom. The molecular weight excluding hydrogens is 268 g/mol. The molecule has 0 aromatic rings. The number of hydrogen-bond acceptors (Lipinski definition) is 2. The van der Waals surface area contributed by atoms with E-state index in [1.807, 2.05) is 0 Å². The quantitative estimate of drug-likeness (QED) is 0.449. The third-order valence-corrected chi connectivity index (χ3v) is 4.14. The molecule has 0 aliphatic carbocycles. The van der Waals surface area contributed by atoms with E-state index in [9.17, 15) is 9.59 Å². The van der Waals surface area contributed by atoms with E-state index in [0.29, 0.717) is 6.42 Å². The number of aliphatic carboxylic acids is 2. The van der Waals surface area contributed by atoms with Crippen molar-refractivity contribution in [2.45, 2.75) is 90.9 Å². The van der Waals surface area contributed by atoms with Crippen molar-refractivity contribution in [3.63, 3.8) is 0 Å². The van der Waals surface area contributed by atoms with Crippen LogP contribution in [0.25, 0.3) is 0 Å². The van der Waals surface area contributed by atoms with Crippen LogP contribution in [0.15, 0.2) is 0 Å². The highest BCUT2D eigenvalue weighted by Crippen LogP contribution is 2.29. The Kier molecular flexibility index (Phi) is 11.0. The van der Waals surface area contributed by atoms with Crippen LogP contribution in [0.1, 0.15) is 90.9 Å². The molecule has 0 radical (unpaired) electrons. The van der Waals surface area contributed by atoms with E-state index in [1.165, 1.54) is 51.9 Å². The van der Waals surface area contributed by atoms with Gasteiger partial charge >= 0.3 is 11.9 Å². The summed E-state index contributed by atoms with van der Waals surface area (Å²) in [4.78, 5) is 21.9. The van der Waals surface area contributed by atoms with E-state index in [1.54, 1.807) is 0 Å². The van der Waals surface area contributed by atoms with Gasteiger partial charge in [0.1, 0.15) is 0 Å². The maximum atomic E-state index is 11.2. The summed E-state index contributed by atoms with van der Waals surface area (Å²) in [6.07, 6.45) is 12.1. The van der Waals surface area contributed by atoms with Crippen molar-refractivity contribution in [2.75, 3.05) is 0 Å². The summed E-state index contributed by atoms with van der Waals surface area (Å²) in [5.74, 6) is -2.03. The third-order valence-electron chi connectivity index (χ3n) is 4.14. The van der Waals surface area contributed by atoms with Crippen LogP contribution >= 0.6 is 0 Å². The Labute approximate surface area is 128 Å². The molecule has 0 aliphatic rings. The normalized spacial score (nSPS) is 13.8. The van der Waals surface area contributed by atoms with Gasteiger partial charge in [0.15, 0.2) is 0 Å². The molecule has 0 aromatic carbocycles. The summed E-state index contributed by atoms with van der Waals surface area (Å²) in [6.45, 7) is 3.76. The molecule has 21 heavy (non-hydrogen) atoms. The number of carboxylic acids is 2. The minimum atomic E-state index is -1.12. The first kappa shape index (κ1) is 19.9. The molecule has 0 amide bonds. The minimum absolute atomic E-state index is 0.292. The van der Waals surface area contributed by atoms with Gasteiger partial charge in [0.2, 0.25) is 0 Å². The second-order valence-corrected chi connectivity index (χ2v) is 6.37. The summed E-state index contributed by atoms with van der Waals surface area (Å²) in [5.41, 5.74) is -1.12. The number of hydrogen-bond donors (Lipinski definition) is 2. The third kappa shape index (κ3) is 10.3. The van der Waals surface area contributed by atoms with Crippen LogP contribution in [0.4, 0.5) is 0 Å². The number of rotatable bonds is 14. The molecule has 0 spiro atoms. The summed E-state index contributed by atoms with van der Waals surface area (Å²) >= 11 is 0. The fraction of sp³-hybridized carbons (Fsp3) is 0.882. The van der Waals surface area contributed by atoms with Crippen LogP contribution in [0.5, 0.6) is 0 Å². The van der Waals surface area contributed by atoms with Crippen molar-refractivity contribution in [3.8, 4) is 0 Å². The van der Waals surface area contributed by atoms with Gasteiger partial charge in [-0.1, -0.05) is 71.1 Å². The lowest BCUT2D eigenvalue weighted by atomic mass is 9.81. The van der Waals surface area contributed by atoms with Crippen molar-refractivity contribution in [3.05, 3.63) is 0 Å². The SMILES string of the molecule is CCCCCCCCCCCCC(C)(CC(=O)O)C(=O)O. The maximum Gasteiger partial charge on any atom is 0.309 e. The van der Waals surface area contributed by atoms with Gasteiger partial charge in [-0.05, 0) is 13.3 Å². The molecule has 1 unspecified atom stereocenters. The van der Waals surface area contributed by atoms with Gasteiger partial charge in [0, 0.05) is 0 Å². The van der Waals surface area contributed by atoms with Crippen molar-refractivity contribution >= 4 is 11.9 Å². The van der Waals surface area contributed by atoms with Gasteiger partial charge in [-0.25, -0.2) is 0 Å². The Morgan fingerprint density at radius 1 is 0.810 bits per heavy atom. The maximum absolute atomic E-state index is 11.2. The van der Waals surface area contributed by atoms with Crippen LogP contribution in [0.3, 0.4) is 0 Å². The molecule has 124 valence electrons. The summed E-state index contributed by atoms with van der Waals surface area (Å²) < 4.78 is 0. The van der Waals surface area contributed by atoms with Crippen LogP contribution in [0.2, 0.25) is 0 Å². The first-order valence-corrected chi connectivity index (χ1v) is 8.37. The molecule has 0 saturated heterocycles. The molecule has 0 fully saturated rings. The predicted molar refractivity (Wildman–Crippen MR) is 84.5 cm³/mol. The first-order valence-electron chi connectivity index (χ1n) is 8.37. The molecule has 0 heterocycles. The van der Waals surface area contributed by atoms with E-state index in [0.717, 1.165) is 19.3 Å². The smallest absolute Gasteiger partial charge is 0.309 e. The predicted octanol–water partition coefficient (Wildman–Crippen LogP) is 4.86. The lowest BCUT2D eigenvalue weighted by Gasteiger charge is -2.22. The lowest BCUT2D eigenvalue weighted by molar-refractivity contribution is -0.155. The summed E-state index contributed by atoms with van der Waals surface area (Å²) in [7, 11) is 0. The molecule has 0 bridgehead atoms. The van der Waals surface area contributed by atoms with Crippen LogP contribution in [-0.4, -0.2) is 22.2 Å². The Hall–Kier alpha value is -1.06. The van der Waals surface area contributed by atoms with E-state index >= 15 is 0 Å². The Balaban J connectivity index is 3.64. The van der Waals surface area contributed by atoms with Gasteiger partial charge in [-0.2, -0.15) is 0 Å². The average Bonchev–Trinajstić information content (AvgIpc) is 2.40. The molecular formula is C17H32O4. The second kappa shape index (κ2) is 11.6. The van der Waals surface area contributed by atoms with Crippen LogP contribution in [-0.2, 0) is 9.59 Å². The summed E-state index contributed by atoms with van der Waals surface area (Å²) in [6, 6.07) is 0. The zero-order chi connectivity index (χ0) is 16.1. The van der Waals surface area contributed by atoms with Gasteiger partial charge in [-0.15, -0.1) is 0 Å². The van der Waals surface area contributed by atoms with Crippen molar-refractivity contribution in [1.82, 2.24) is 0 Å². The molecule has 0 aliphatic heterocycles. The van der Waals surface area contributed by atoms with Gasteiger partial charge in [0.05, 0.1) is 11.8 Å². The number of carboxylic acid groups (broad SMARTS) is 2. The molecule has 1 atom stereocenters. The average molecular weight is 300 g/mol. The van der Waals surface area contributed by atoms with Crippen LogP contribution in [0, 0.1) is 5.41 Å². The van der Waals surface area contributed by atoms with Crippen molar-refractivity contribution in [1.29, 1.82) is 0 Å². The van der Waals surface area contributed by atoms with Crippen LogP contribution < -0.4 is 0 Å². The Morgan fingerprint density at radius 3 is 1.62 bits per heavy atom. The molecule has 2 N–H and O–H groups in total. The highest BCUT2D eigenvalue weighted by atomic mass is 16.4. The van der Waals surface area contributed by atoms with Crippen molar-refractivity contribution in [2.24, 2.45) is 5.41 Å². The second-order valence-electron chi connectivity index (χ2n) is 6.37. The van der Waals surface area contributed by atoms with E-state index in [4.69, 9.17) is 10.2 Å². The standard InChI is InChI=1S/C17H32O4/c1-3-4-5-6-7-8-9-10-11-12-13-17(2,16(20)21)14-15(18)19/h3-14H2,1-2H3,(H,18,19)(H,20,21). The largest absolute Gasteiger partial charge is 0.481 e. The number of unbranched alkanes of at least 4 members (excludes halogenated alkanes) is 9. The molecule has 0 saturated carbocycles. The molecule has 0 aromatic heterocycles. The number of carbonyl (C=O) groups is 2. The Bertz CT molecular complexity index is 301. The fourth-order valence-electron chi connectivity index (χ4n) is 2.61. The highest BCUT2D eigenvalue weighted by molar-refractivity contribution is 5.80. The topological polar surface area (TPSA) is 74.6 Å². The highest BCUT2D eigenvalue weighted by Gasteiger charge is 2.34. The zero-order valence-corrected chi connectivity index (χ0v) is 13.7. The minimum Gasteiger partial charge on any atom is -0.481 e. The van der Waals surface area contributed by atoms with E-state index < -0.39 is 17.4 Å². The lowest BCUT2D eigenvalue weighted by Crippen LogP contribution is -2.30. The van der Waals surface area contributed by atoms with E-state index in [-0.39, 0.29) is 6.42 Å². The zero-order valence-electron chi connectivity index (χ0n) is 13.7. The molecule has 0 rings (SSSR count). The van der Waals surface area contributed by atoms with Gasteiger partial charge in [-0.3, -0.25) is 9.59 Å². The first-order chi connectivity index (χ1) is 9.92.